The van der Waals surface area contributed by atoms with Crippen molar-refractivity contribution in [2.24, 2.45) is 5.73 Å². The van der Waals surface area contributed by atoms with Gasteiger partial charge in [0.25, 0.3) is 0 Å². The molecule has 1 heterocycles. The highest BCUT2D eigenvalue weighted by molar-refractivity contribution is 6.36. The van der Waals surface area contributed by atoms with Crippen LogP contribution in [0.25, 0.3) is 0 Å². The molecule has 1 aromatic heterocycles. The molecule has 6 heteroatoms. The van der Waals surface area contributed by atoms with Gasteiger partial charge in [-0.25, -0.2) is 4.98 Å². The Balaban J connectivity index is 2.23. The second-order valence-corrected chi connectivity index (χ2v) is 6.12. The van der Waals surface area contributed by atoms with Gasteiger partial charge in [0.2, 0.25) is 0 Å². The van der Waals surface area contributed by atoms with Crippen LogP contribution in [-0.2, 0) is 0 Å². The van der Waals surface area contributed by atoms with Gasteiger partial charge in [-0.3, -0.25) is 5.41 Å². The third kappa shape index (κ3) is 2.60. The highest BCUT2D eigenvalue weighted by Crippen LogP contribution is 2.38. The topological polar surface area (TPSA) is 69.2 Å². The number of hydrogen-bond donors (Lipinski definition) is 2. The van der Waals surface area contributed by atoms with E-state index >= 15 is 0 Å². The zero-order chi connectivity index (χ0) is 14.9. The largest absolute Gasteiger partial charge is 0.384 e. The maximum Gasteiger partial charge on any atom is 0.147 e. The first kappa shape index (κ1) is 15.1. The molecule has 1 saturated carbocycles. The fraction of sp³-hybridized carbons (Fsp3) is 0.571. The Morgan fingerprint density at radius 2 is 2.10 bits per heavy atom. The Bertz CT molecular complexity index is 510. The third-order valence-corrected chi connectivity index (χ3v) is 4.66. The maximum atomic E-state index is 7.55. The van der Waals surface area contributed by atoms with Crippen LogP contribution in [0.5, 0.6) is 0 Å². The molecule has 1 aliphatic rings. The predicted molar refractivity (Wildman–Crippen MR) is 83.8 cm³/mol. The Morgan fingerprint density at radius 1 is 1.45 bits per heavy atom. The molecule has 1 fully saturated rings. The van der Waals surface area contributed by atoms with Crippen LogP contribution in [0.3, 0.4) is 0 Å². The summed E-state index contributed by atoms with van der Waals surface area (Å²) in [5.74, 6) is 0.658. The van der Waals surface area contributed by atoms with Crippen molar-refractivity contribution < 1.29 is 0 Å². The number of nitrogens with zero attached hydrogens (tertiary/aromatic N) is 3. The summed E-state index contributed by atoms with van der Waals surface area (Å²) in [6, 6.07) is 1.67. The smallest absolute Gasteiger partial charge is 0.147 e. The average molecular weight is 296 g/mol. The zero-order valence-corrected chi connectivity index (χ0v) is 13.0. The van der Waals surface area contributed by atoms with E-state index in [-0.39, 0.29) is 11.4 Å². The molecule has 0 bridgehead atoms. The molecular formula is C14H22ClN5. The first-order valence-corrected chi connectivity index (χ1v) is 7.13. The summed E-state index contributed by atoms with van der Waals surface area (Å²) in [7, 11) is 6.23. The summed E-state index contributed by atoms with van der Waals surface area (Å²) < 4.78 is 0. The van der Waals surface area contributed by atoms with Crippen LogP contribution in [-0.4, -0.2) is 48.9 Å². The number of rotatable bonds is 5. The molecule has 2 rings (SSSR count). The minimum Gasteiger partial charge on any atom is -0.384 e. The molecule has 1 aliphatic carbocycles. The first-order valence-electron chi connectivity index (χ1n) is 6.75. The molecule has 0 atom stereocenters. The summed E-state index contributed by atoms with van der Waals surface area (Å²) in [6.07, 6.45) is 5.29. The minimum absolute atomic E-state index is 0.0296. The van der Waals surface area contributed by atoms with Crippen molar-refractivity contribution in [1.82, 2.24) is 9.88 Å². The number of anilines is 1. The van der Waals surface area contributed by atoms with Gasteiger partial charge in [-0.05, 0) is 39.4 Å². The molecule has 0 saturated heterocycles. The zero-order valence-electron chi connectivity index (χ0n) is 12.3. The number of likely N-dealkylation sites (N-methyl/N-ethyl adjacent to an activating group) is 2. The Hall–Kier alpha value is -1.33. The number of hydrogen-bond acceptors (Lipinski definition) is 4. The number of nitrogens with two attached hydrogens (primary N) is 1. The van der Waals surface area contributed by atoms with E-state index in [9.17, 15) is 0 Å². The molecule has 3 N–H and O–H groups in total. The van der Waals surface area contributed by atoms with E-state index in [2.05, 4.69) is 28.9 Å². The fourth-order valence-corrected chi connectivity index (χ4v) is 3.11. The third-order valence-electron chi connectivity index (χ3n) is 4.29. The van der Waals surface area contributed by atoms with Crippen molar-refractivity contribution >= 4 is 23.3 Å². The lowest BCUT2D eigenvalue weighted by Crippen LogP contribution is -2.56. The van der Waals surface area contributed by atoms with Crippen LogP contribution in [0.2, 0.25) is 5.02 Å². The summed E-state index contributed by atoms with van der Waals surface area (Å²) in [6.45, 7) is 0.869. The average Bonchev–Trinajstić information content (AvgIpc) is 2.32. The van der Waals surface area contributed by atoms with E-state index < -0.39 is 0 Å². The van der Waals surface area contributed by atoms with E-state index in [1.54, 1.807) is 12.3 Å². The van der Waals surface area contributed by atoms with Crippen molar-refractivity contribution in [3.63, 3.8) is 0 Å². The molecule has 0 aliphatic heterocycles. The maximum absolute atomic E-state index is 7.55. The highest BCUT2D eigenvalue weighted by atomic mass is 35.5. The Labute approximate surface area is 125 Å². The van der Waals surface area contributed by atoms with Crippen LogP contribution < -0.4 is 10.6 Å². The van der Waals surface area contributed by atoms with Crippen LogP contribution in [0, 0.1) is 5.41 Å². The lowest BCUT2D eigenvalue weighted by atomic mass is 9.75. The van der Waals surface area contributed by atoms with E-state index in [0.717, 1.165) is 6.54 Å². The van der Waals surface area contributed by atoms with Gasteiger partial charge < -0.3 is 15.5 Å². The van der Waals surface area contributed by atoms with Gasteiger partial charge in [0.05, 0.1) is 5.02 Å². The quantitative estimate of drug-likeness (QED) is 0.643. The summed E-state index contributed by atoms with van der Waals surface area (Å²) >= 11 is 6.33. The Kier molecular flexibility index (Phi) is 4.20. The van der Waals surface area contributed by atoms with Gasteiger partial charge in [0, 0.05) is 30.9 Å². The SMILES string of the molecule is CN(CC1(N(C)C)CCC1)c1nccc(C(=N)N)c1Cl. The summed E-state index contributed by atoms with van der Waals surface area (Å²) in [4.78, 5) is 8.70. The van der Waals surface area contributed by atoms with E-state index in [0.29, 0.717) is 16.4 Å². The molecule has 0 radical (unpaired) electrons. The van der Waals surface area contributed by atoms with E-state index in [4.69, 9.17) is 22.7 Å². The molecule has 0 spiro atoms. The first-order chi connectivity index (χ1) is 9.37. The lowest BCUT2D eigenvalue weighted by molar-refractivity contribution is 0.0682. The molecular weight excluding hydrogens is 274 g/mol. The normalized spacial score (nSPS) is 16.9. The minimum atomic E-state index is -0.0296. The molecule has 20 heavy (non-hydrogen) atoms. The molecule has 110 valence electrons. The van der Waals surface area contributed by atoms with Gasteiger partial charge in [0.15, 0.2) is 0 Å². The molecule has 0 unspecified atom stereocenters. The standard InChI is InChI=1S/C14H22ClN5/c1-19(2)14(6-4-7-14)9-20(3)13-11(15)10(12(16)17)5-8-18-13/h5,8H,4,6-7,9H2,1-3H3,(H3,16,17). The number of halogens is 1. The van der Waals surface area contributed by atoms with Gasteiger partial charge in [-0.2, -0.15) is 0 Å². The van der Waals surface area contributed by atoms with Gasteiger partial charge >= 0.3 is 0 Å². The molecule has 0 aromatic carbocycles. The van der Waals surface area contributed by atoms with Crippen LogP contribution in [0.1, 0.15) is 24.8 Å². The Morgan fingerprint density at radius 3 is 2.55 bits per heavy atom. The van der Waals surface area contributed by atoms with Gasteiger partial charge in [-0.15, -0.1) is 0 Å². The highest BCUT2D eigenvalue weighted by Gasteiger charge is 2.40. The predicted octanol–water partition coefficient (Wildman–Crippen LogP) is 1.94. The molecule has 1 aromatic rings. The van der Waals surface area contributed by atoms with Crippen molar-refractivity contribution in [2.75, 3.05) is 32.6 Å². The number of nitrogens with one attached hydrogen (secondary N) is 1. The van der Waals surface area contributed by atoms with Gasteiger partial charge in [-0.1, -0.05) is 11.6 Å². The van der Waals surface area contributed by atoms with Crippen molar-refractivity contribution in [1.29, 1.82) is 5.41 Å². The van der Waals surface area contributed by atoms with Crippen LogP contribution in [0.15, 0.2) is 12.3 Å². The lowest BCUT2D eigenvalue weighted by Gasteiger charge is -2.49. The van der Waals surface area contributed by atoms with Crippen LogP contribution in [0.4, 0.5) is 5.82 Å². The van der Waals surface area contributed by atoms with Crippen LogP contribution >= 0.6 is 11.6 Å². The summed E-state index contributed by atoms with van der Waals surface area (Å²) in [5, 5.41) is 8.00. The second kappa shape index (κ2) is 5.58. The number of aromatic nitrogens is 1. The van der Waals surface area contributed by atoms with Crippen molar-refractivity contribution in [3.05, 3.63) is 22.8 Å². The number of nitrogen functional groups attached to an aromatic ring is 1. The monoisotopic (exact) mass is 295 g/mol. The van der Waals surface area contributed by atoms with Gasteiger partial charge in [0.1, 0.15) is 11.7 Å². The molecule has 0 amide bonds. The molecule has 5 nitrogen and oxygen atoms in total. The van der Waals surface area contributed by atoms with E-state index in [1.165, 1.54) is 19.3 Å². The van der Waals surface area contributed by atoms with Crippen molar-refractivity contribution in [3.8, 4) is 0 Å². The number of amidine groups is 1. The fourth-order valence-electron chi connectivity index (χ4n) is 2.75. The second-order valence-electron chi connectivity index (χ2n) is 5.74. The van der Waals surface area contributed by atoms with E-state index in [1.807, 2.05) is 7.05 Å². The summed E-state index contributed by atoms with van der Waals surface area (Å²) in [5.41, 5.74) is 6.28. The number of pyridine rings is 1. The van der Waals surface area contributed by atoms with Crippen molar-refractivity contribution in [2.45, 2.75) is 24.8 Å².